The topological polar surface area (TPSA) is 67.9 Å². The fourth-order valence-corrected chi connectivity index (χ4v) is 1.44. The molecule has 6 heteroatoms. The molecule has 0 saturated carbocycles. The molecule has 6 nitrogen and oxygen atoms in total. The molecule has 0 amide bonds. The average molecular weight is 221 g/mol. The van der Waals surface area contributed by atoms with E-state index in [0.717, 1.165) is 11.3 Å². The zero-order chi connectivity index (χ0) is 11.4. The van der Waals surface area contributed by atoms with Crippen LogP contribution in [0.3, 0.4) is 0 Å². The molecule has 0 aromatic carbocycles. The zero-order valence-corrected chi connectivity index (χ0v) is 9.17. The third-order valence-electron chi connectivity index (χ3n) is 2.22. The SMILES string of the molecule is Cn1cc(NCc2cnn(CCO)c2)cn1. The predicted octanol–water partition coefficient (Wildman–Crippen LogP) is 0.221. The van der Waals surface area contributed by atoms with E-state index >= 15 is 0 Å². The largest absolute Gasteiger partial charge is 0.394 e. The van der Waals surface area contributed by atoms with Gasteiger partial charge < -0.3 is 10.4 Å². The minimum absolute atomic E-state index is 0.108. The first-order valence-electron chi connectivity index (χ1n) is 5.12. The normalized spacial score (nSPS) is 10.6. The van der Waals surface area contributed by atoms with Gasteiger partial charge in [-0.3, -0.25) is 9.36 Å². The molecule has 2 aromatic heterocycles. The molecule has 0 bridgehead atoms. The Morgan fingerprint density at radius 3 is 2.88 bits per heavy atom. The molecule has 16 heavy (non-hydrogen) atoms. The molecule has 0 saturated heterocycles. The van der Waals surface area contributed by atoms with Crippen LogP contribution in [-0.2, 0) is 20.1 Å². The molecule has 0 aliphatic heterocycles. The van der Waals surface area contributed by atoms with Crippen molar-refractivity contribution in [1.29, 1.82) is 0 Å². The number of aryl methyl sites for hydroxylation is 1. The minimum atomic E-state index is 0.108. The maximum absolute atomic E-state index is 8.75. The van der Waals surface area contributed by atoms with Crippen molar-refractivity contribution < 1.29 is 5.11 Å². The Balaban J connectivity index is 1.89. The van der Waals surface area contributed by atoms with Crippen molar-refractivity contribution in [2.45, 2.75) is 13.1 Å². The van der Waals surface area contributed by atoms with Gasteiger partial charge in [0, 0.05) is 31.5 Å². The molecule has 0 atom stereocenters. The maximum Gasteiger partial charge on any atom is 0.0729 e. The average Bonchev–Trinajstić information content (AvgIpc) is 2.85. The molecule has 0 aliphatic carbocycles. The third-order valence-corrected chi connectivity index (χ3v) is 2.22. The molecule has 0 unspecified atom stereocenters. The summed E-state index contributed by atoms with van der Waals surface area (Å²) in [5, 5.41) is 20.2. The van der Waals surface area contributed by atoms with Crippen molar-refractivity contribution in [3.8, 4) is 0 Å². The van der Waals surface area contributed by atoms with Crippen LogP contribution >= 0.6 is 0 Å². The molecule has 2 aromatic rings. The highest BCUT2D eigenvalue weighted by Gasteiger charge is 1.99. The van der Waals surface area contributed by atoms with E-state index in [1.54, 1.807) is 21.8 Å². The highest BCUT2D eigenvalue weighted by atomic mass is 16.3. The zero-order valence-electron chi connectivity index (χ0n) is 9.17. The molecule has 86 valence electrons. The van der Waals surface area contributed by atoms with Crippen molar-refractivity contribution in [3.05, 3.63) is 30.4 Å². The second-order valence-electron chi connectivity index (χ2n) is 3.59. The van der Waals surface area contributed by atoms with Crippen LogP contribution in [0, 0.1) is 0 Å². The first-order valence-corrected chi connectivity index (χ1v) is 5.12. The Hall–Kier alpha value is -1.82. The summed E-state index contributed by atoms with van der Waals surface area (Å²) in [5.74, 6) is 0. The quantitative estimate of drug-likeness (QED) is 0.758. The Morgan fingerprint density at radius 2 is 2.19 bits per heavy atom. The van der Waals surface area contributed by atoms with E-state index in [-0.39, 0.29) is 6.61 Å². The number of hydrogen-bond donors (Lipinski definition) is 2. The van der Waals surface area contributed by atoms with E-state index in [1.165, 1.54) is 0 Å². The second-order valence-corrected chi connectivity index (χ2v) is 3.59. The van der Waals surface area contributed by atoms with Gasteiger partial charge in [0.1, 0.15) is 0 Å². The first-order chi connectivity index (χ1) is 7.78. The summed E-state index contributed by atoms with van der Waals surface area (Å²) < 4.78 is 3.47. The first kappa shape index (κ1) is 10.7. The number of aromatic nitrogens is 4. The van der Waals surface area contributed by atoms with Crippen LogP contribution in [0.5, 0.6) is 0 Å². The number of aliphatic hydroxyl groups excluding tert-OH is 1. The Bertz CT molecular complexity index is 448. The Morgan fingerprint density at radius 1 is 1.31 bits per heavy atom. The lowest BCUT2D eigenvalue weighted by Gasteiger charge is -1.99. The van der Waals surface area contributed by atoms with Gasteiger partial charge in [0.2, 0.25) is 0 Å². The van der Waals surface area contributed by atoms with E-state index in [1.807, 2.05) is 19.4 Å². The summed E-state index contributed by atoms with van der Waals surface area (Å²) >= 11 is 0. The molecule has 0 spiro atoms. The van der Waals surface area contributed by atoms with Crippen molar-refractivity contribution in [3.63, 3.8) is 0 Å². The molecular formula is C10H15N5O. The molecular weight excluding hydrogens is 206 g/mol. The summed E-state index contributed by atoms with van der Waals surface area (Å²) in [6.07, 6.45) is 7.40. The monoisotopic (exact) mass is 221 g/mol. The van der Waals surface area contributed by atoms with Crippen LogP contribution in [-0.4, -0.2) is 31.3 Å². The van der Waals surface area contributed by atoms with Gasteiger partial charge >= 0.3 is 0 Å². The van der Waals surface area contributed by atoms with Crippen LogP contribution in [0.2, 0.25) is 0 Å². The number of nitrogens with zero attached hydrogens (tertiary/aromatic N) is 4. The second kappa shape index (κ2) is 4.80. The fraction of sp³-hybridized carbons (Fsp3) is 0.400. The van der Waals surface area contributed by atoms with Gasteiger partial charge in [0.05, 0.1) is 31.2 Å². The van der Waals surface area contributed by atoms with Gasteiger partial charge in [-0.25, -0.2) is 0 Å². The van der Waals surface area contributed by atoms with E-state index in [0.29, 0.717) is 13.1 Å². The third kappa shape index (κ3) is 2.60. The summed E-state index contributed by atoms with van der Waals surface area (Å²) in [6.45, 7) is 1.35. The molecule has 2 heterocycles. The van der Waals surface area contributed by atoms with Gasteiger partial charge in [-0.1, -0.05) is 0 Å². The lowest BCUT2D eigenvalue weighted by molar-refractivity contribution is 0.269. The van der Waals surface area contributed by atoms with Gasteiger partial charge in [-0.2, -0.15) is 10.2 Å². The van der Waals surface area contributed by atoms with Crippen molar-refractivity contribution in [2.75, 3.05) is 11.9 Å². The fourth-order valence-electron chi connectivity index (χ4n) is 1.44. The van der Waals surface area contributed by atoms with Gasteiger partial charge in [0.15, 0.2) is 0 Å². The van der Waals surface area contributed by atoms with E-state index in [9.17, 15) is 0 Å². The van der Waals surface area contributed by atoms with Crippen LogP contribution < -0.4 is 5.32 Å². The van der Waals surface area contributed by atoms with Crippen LogP contribution in [0.25, 0.3) is 0 Å². The number of anilines is 1. The lowest BCUT2D eigenvalue weighted by Crippen LogP contribution is -2.02. The molecule has 2 N–H and O–H groups in total. The Labute approximate surface area is 93.5 Å². The molecule has 0 aliphatic rings. The smallest absolute Gasteiger partial charge is 0.0729 e. The minimum Gasteiger partial charge on any atom is -0.394 e. The van der Waals surface area contributed by atoms with Crippen molar-refractivity contribution >= 4 is 5.69 Å². The van der Waals surface area contributed by atoms with E-state index < -0.39 is 0 Å². The van der Waals surface area contributed by atoms with Crippen LogP contribution in [0.4, 0.5) is 5.69 Å². The van der Waals surface area contributed by atoms with Gasteiger partial charge in [-0.05, 0) is 0 Å². The molecule has 0 radical (unpaired) electrons. The van der Waals surface area contributed by atoms with E-state index in [4.69, 9.17) is 5.11 Å². The van der Waals surface area contributed by atoms with Crippen molar-refractivity contribution in [1.82, 2.24) is 19.6 Å². The molecule has 0 fully saturated rings. The highest BCUT2D eigenvalue weighted by molar-refractivity contribution is 5.38. The number of rotatable bonds is 5. The number of aliphatic hydroxyl groups is 1. The summed E-state index contributed by atoms with van der Waals surface area (Å²) in [6, 6.07) is 0. The van der Waals surface area contributed by atoms with E-state index in [2.05, 4.69) is 15.5 Å². The standard InChI is InChI=1S/C10H15N5O/c1-14-8-10(6-12-14)11-4-9-5-13-15(7-9)2-3-16/h5-8,11,16H,2-4H2,1H3. The van der Waals surface area contributed by atoms with Crippen LogP contribution in [0.1, 0.15) is 5.56 Å². The number of nitrogens with one attached hydrogen (secondary N) is 1. The molecule has 2 rings (SSSR count). The van der Waals surface area contributed by atoms with Crippen molar-refractivity contribution in [2.24, 2.45) is 7.05 Å². The maximum atomic E-state index is 8.75. The summed E-state index contributed by atoms with van der Waals surface area (Å²) in [4.78, 5) is 0. The highest BCUT2D eigenvalue weighted by Crippen LogP contribution is 2.06. The summed E-state index contributed by atoms with van der Waals surface area (Å²) in [7, 11) is 1.88. The van der Waals surface area contributed by atoms with Crippen LogP contribution in [0.15, 0.2) is 24.8 Å². The Kier molecular flexibility index (Phi) is 3.21. The van der Waals surface area contributed by atoms with Gasteiger partial charge in [0.25, 0.3) is 0 Å². The number of hydrogen-bond acceptors (Lipinski definition) is 4. The summed E-state index contributed by atoms with van der Waals surface area (Å²) in [5.41, 5.74) is 2.06. The van der Waals surface area contributed by atoms with Gasteiger partial charge in [-0.15, -0.1) is 0 Å². The lowest BCUT2D eigenvalue weighted by atomic mass is 10.3. The predicted molar refractivity (Wildman–Crippen MR) is 59.8 cm³/mol.